The van der Waals surface area contributed by atoms with Gasteiger partial charge in [0.2, 0.25) is 5.91 Å². The van der Waals surface area contributed by atoms with Crippen molar-refractivity contribution in [1.82, 2.24) is 5.32 Å². The summed E-state index contributed by atoms with van der Waals surface area (Å²) in [4.78, 5) is 33.1. The third-order valence-electron chi connectivity index (χ3n) is 3.10. The molecule has 4 N–H and O–H groups in total. The summed E-state index contributed by atoms with van der Waals surface area (Å²) in [7, 11) is 0. The number of hydrogen-bond acceptors (Lipinski definition) is 4. The number of nitrogens with one attached hydrogen (secondary N) is 1. The van der Waals surface area contributed by atoms with E-state index in [0.29, 0.717) is 12.8 Å². The summed E-state index contributed by atoms with van der Waals surface area (Å²) in [5.74, 6) is -2.15. The molecule has 0 saturated heterocycles. The number of amides is 2. The lowest BCUT2D eigenvalue weighted by Crippen LogP contribution is -2.37. The molecule has 18 heavy (non-hydrogen) atoms. The summed E-state index contributed by atoms with van der Waals surface area (Å²) in [5.41, 5.74) is 4.76. The van der Waals surface area contributed by atoms with E-state index in [1.807, 2.05) is 6.92 Å². The Hall–Kier alpha value is -1.79. The highest BCUT2D eigenvalue weighted by Crippen LogP contribution is 2.36. The van der Waals surface area contributed by atoms with E-state index in [1.54, 1.807) is 0 Å². The third kappa shape index (κ3) is 3.90. The Kier molecular flexibility index (Phi) is 4.94. The molecule has 7 heteroatoms. The van der Waals surface area contributed by atoms with Gasteiger partial charge in [-0.05, 0) is 18.8 Å². The Morgan fingerprint density at radius 3 is 2.50 bits per heavy atom. The number of aliphatic carboxylic acids is 1. The van der Waals surface area contributed by atoms with Gasteiger partial charge in [0.15, 0.2) is 0 Å². The first kappa shape index (κ1) is 14.3. The molecule has 1 fully saturated rings. The summed E-state index contributed by atoms with van der Waals surface area (Å²) in [6.45, 7) is 2.06. The molecule has 2 amide bonds. The minimum Gasteiger partial charge on any atom is -0.481 e. The lowest BCUT2D eigenvalue weighted by molar-refractivity contribution is -0.146. The number of rotatable bonds is 5. The van der Waals surface area contributed by atoms with Crippen molar-refractivity contribution in [2.75, 3.05) is 13.2 Å². The number of ether oxygens (including phenoxy) is 1. The average molecular weight is 258 g/mol. The normalized spacial score (nSPS) is 26.6. The van der Waals surface area contributed by atoms with Crippen molar-refractivity contribution in [1.29, 1.82) is 0 Å². The molecular weight excluding hydrogens is 240 g/mol. The minimum atomic E-state index is -0.937. The van der Waals surface area contributed by atoms with Crippen LogP contribution in [-0.2, 0) is 14.3 Å². The summed E-state index contributed by atoms with van der Waals surface area (Å²) in [6.07, 6.45) is 0.187. The van der Waals surface area contributed by atoms with Gasteiger partial charge in [-0.15, -0.1) is 0 Å². The fraction of sp³-hybridized carbons (Fsp3) is 0.727. The van der Waals surface area contributed by atoms with E-state index in [1.165, 1.54) is 0 Å². The highest BCUT2D eigenvalue weighted by molar-refractivity contribution is 5.85. The predicted molar refractivity (Wildman–Crippen MR) is 61.6 cm³/mol. The molecule has 0 bridgehead atoms. The third-order valence-corrected chi connectivity index (χ3v) is 3.10. The minimum absolute atomic E-state index is 0.0128. The maximum Gasteiger partial charge on any atom is 0.404 e. The average Bonchev–Trinajstić information content (AvgIpc) is 2.66. The molecule has 1 aliphatic rings. The number of hydrogen-bond donors (Lipinski definition) is 3. The van der Waals surface area contributed by atoms with Crippen molar-refractivity contribution < 1.29 is 24.2 Å². The van der Waals surface area contributed by atoms with Crippen LogP contribution in [0.25, 0.3) is 0 Å². The van der Waals surface area contributed by atoms with E-state index >= 15 is 0 Å². The molecule has 0 aliphatic heterocycles. The van der Waals surface area contributed by atoms with Gasteiger partial charge in [0.1, 0.15) is 6.61 Å². The number of carbonyl (C=O) groups is 3. The molecule has 0 aromatic carbocycles. The van der Waals surface area contributed by atoms with E-state index in [2.05, 4.69) is 10.1 Å². The fourth-order valence-electron chi connectivity index (χ4n) is 2.31. The van der Waals surface area contributed by atoms with Crippen molar-refractivity contribution in [3.05, 3.63) is 0 Å². The second-order valence-corrected chi connectivity index (χ2v) is 4.59. The zero-order chi connectivity index (χ0) is 13.7. The Bertz CT molecular complexity index is 344. The molecule has 0 aromatic heterocycles. The van der Waals surface area contributed by atoms with Crippen LogP contribution in [0.5, 0.6) is 0 Å². The highest BCUT2D eigenvalue weighted by atomic mass is 16.5. The second-order valence-electron chi connectivity index (χ2n) is 4.59. The first-order valence-corrected chi connectivity index (χ1v) is 5.84. The molecular formula is C11H18N2O5. The van der Waals surface area contributed by atoms with E-state index in [0.717, 1.165) is 0 Å². The molecule has 7 nitrogen and oxygen atoms in total. The van der Waals surface area contributed by atoms with Gasteiger partial charge in [-0.25, -0.2) is 4.79 Å². The summed E-state index contributed by atoms with van der Waals surface area (Å²) < 4.78 is 4.46. The predicted octanol–water partition coefficient (Wildman–Crippen LogP) is -0.0552. The van der Waals surface area contributed by atoms with Crippen LogP contribution in [0.15, 0.2) is 0 Å². The van der Waals surface area contributed by atoms with Crippen LogP contribution >= 0.6 is 0 Å². The Labute approximate surface area is 105 Å². The number of carboxylic acid groups (broad SMARTS) is 1. The lowest BCUT2D eigenvalue weighted by Gasteiger charge is -2.15. The van der Waals surface area contributed by atoms with E-state index in [-0.39, 0.29) is 25.0 Å². The van der Waals surface area contributed by atoms with E-state index in [4.69, 9.17) is 10.8 Å². The van der Waals surface area contributed by atoms with Crippen LogP contribution < -0.4 is 11.1 Å². The van der Waals surface area contributed by atoms with Gasteiger partial charge in [0.05, 0.1) is 18.4 Å². The molecule has 0 spiro atoms. The molecule has 1 saturated carbocycles. The zero-order valence-corrected chi connectivity index (χ0v) is 10.2. The van der Waals surface area contributed by atoms with Gasteiger partial charge in [0.25, 0.3) is 0 Å². The van der Waals surface area contributed by atoms with Crippen LogP contribution in [0.3, 0.4) is 0 Å². The number of primary amides is 1. The van der Waals surface area contributed by atoms with Crippen LogP contribution in [-0.4, -0.2) is 36.2 Å². The molecule has 3 unspecified atom stereocenters. The standard InChI is InChI=1S/C11H18N2O5/c1-6-4-7(8(5-6)10(15)16)9(14)13-2-3-18-11(12)17/h6-8H,2-5H2,1H3,(H2,12,17)(H,13,14)(H,15,16). The number of carboxylic acids is 1. The van der Waals surface area contributed by atoms with Gasteiger partial charge < -0.3 is 20.9 Å². The molecule has 0 radical (unpaired) electrons. The zero-order valence-electron chi connectivity index (χ0n) is 10.2. The molecule has 1 aliphatic carbocycles. The smallest absolute Gasteiger partial charge is 0.404 e. The van der Waals surface area contributed by atoms with Gasteiger partial charge >= 0.3 is 12.1 Å². The van der Waals surface area contributed by atoms with Crippen molar-refractivity contribution in [2.45, 2.75) is 19.8 Å². The van der Waals surface area contributed by atoms with Crippen LogP contribution in [0.1, 0.15) is 19.8 Å². The van der Waals surface area contributed by atoms with Gasteiger partial charge in [-0.3, -0.25) is 9.59 Å². The maximum atomic E-state index is 11.8. The molecule has 0 heterocycles. The summed E-state index contributed by atoms with van der Waals surface area (Å²) >= 11 is 0. The van der Waals surface area contributed by atoms with E-state index < -0.39 is 23.9 Å². The molecule has 102 valence electrons. The Morgan fingerprint density at radius 1 is 1.33 bits per heavy atom. The van der Waals surface area contributed by atoms with E-state index in [9.17, 15) is 14.4 Å². The van der Waals surface area contributed by atoms with Crippen molar-refractivity contribution in [3.8, 4) is 0 Å². The highest BCUT2D eigenvalue weighted by Gasteiger charge is 2.40. The topological polar surface area (TPSA) is 119 Å². The van der Waals surface area contributed by atoms with Crippen molar-refractivity contribution in [2.24, 2.45) is 23.5 Å². The first-order valence-electron chi connectivity index (χ1n) is 5.84. The Balaban J connectivity index is 2.40. The quantitative estimate of drug-likeness (QED) is 0.597. The van der Waals surface area contributed by atoms with Crippen LogP contribution in [0, 0.1) is 17.8 Å². The molecule has 1 rings (SSSR count). The van der Waals surface area contributed by atoms with Crippen LogP contribution in [0.2, 0.25) is 0 Å². The van der Waals surface area contributed by atoms with Gasteiger partial charge in [-0.2, -0.15) is 0 Å². The van der Waals surface area contributed by atoms with Crippen molar-refractivity contribution in [3.63, 3.8) is 0 Å². The van der Waals surface area contributed by atoms with Crippen molar-refractivity contribution >= 4 is 18.0 Å². The van der Waals surface area contributed by atoms with Crippen LogP contribution in [0.4, 0.5) is 4.79 Å². The summed E-state index contributed by atoms with van der Waals surface area (Å²) in [6, 6.07) is 0. The molecule has 3 atom stereocenters. The SMILES string of the molecule is CC1CC(C(=O)O)C(C(=O)NCCOC(N)=O)C1. The fourth-order valence-corrected chi connectivity index (χ4v) is 2.31. The maximum absolute atomic E-state index is 11.8. The first-order chi connectivity index (χ1) is 8.41. The summed E-state index contributed by atoms with van der Waals surface area (Å²) in [5, 5.41) is 11.6. The largest absolute Gasteiger partial charge is 0.481 e. The number of nitrogens with two attached hydrogens (primary N) is 1. The lowest BCUT2D eigenvalue weighted by atomic mass is 9.95. The molecule has 0 aromatic rings. The number of carbonyl (C=O) groups excluding carboxylic acids is 2. The Morgan fingerprint density at radius 2 is 1.94 bits per heavy atom. The second kappa shape index (κ2) is 6.23. The van der Waals surface area contributed by atoms with Gasteiger partial charge in [-0.1, -0.05) is 6.92 Å². The monoisotopic (exact) mass is 258 g/mol. The van der Waals surface area contributed by atoms with Gasteiger partial charge in [0, 0.05) is 0 Å².